The van der Waals surface area contributed by atoms with Gasteiger partial charge in [0.15, 0.2) is 0 Å². The predicted molar refractivity (Wildman–Crippen MR) is 135 cm³/mol. The predicted octanol–water partition coefficient (Wildman–Crippen LogP) is -1.58. The zero-order valence-electron chi connectivity index (χ0n) is 21.5. The molecule has 0 radical (unpaired) electrons. The van der Waals surface area contributed by atoms with Gasteiger partial charge in [-0.2, -0.15) is 0 Å². The van der Waals surface area contributed by atoms with Gasteiger partial charge in [-0.05, 0) is 57.5 Å². The van der Waals surface area contributed by atoms with E-state index in [1.165, 1.54) is 0 Å². The van der Waals surface area contributed by atoms with E-state index >= 15 is 0 Å². The Labute approximate surface area is 212 Å². The third-order valence-electron chi connectivity index (χ3n) is 5.97. The van der Waals surface area contributed by atoms with E-state index in [0.29, 0.717) is 45.2 Å². The quantitative estimate of drug-likeness (QED) is 0.0870. The minimum atomic E-state index is -1.23. The van der Waals surface area contributed by atoms with Crippen molar-refractivity contribution in [2.45, 2.75) is 95.8 Å². The van der Waals surface area contributed by atoms with Crippen LogP contribution in [0.25, 0.3) is 0 Å². The number of hydrogen-bond acceptors (Lipinski definition) is 8. The first-order valence-corrected chi connectivity index (χ1v) is 12.6. The molecule has 0 heterocycles. The van der Waals surface area contributed by atoms with Crippen LogP contribution in [0.1, 0.15) is 71.6 Å². The van der Waals surface area contributed by atoms with E-state index in [0.717, 1.165) is 6.42 Å². The lowest BCUT2D eigenvalue weighted by Crippen LogP contribution is -2.58. The molecule has 0 bridgehead atoms. The van der Waals surface area contributed by atoms with Gasteiger partial charge in [-0.1, -0.05) is 26.7 Å². The van der Waals surface area contributed by atoms with Crippen LogP contribution >= 0.6 is 0 Å². The number of carboxylic acid groups (broad SMARTS) is 1. The van der Waals surface area contributed by atoms with Gasteiger partial charge in [0, 0.05) is 6.42 Å². The van der Waals surface area contributed by atoms with Crippen molar-refractivity contribution in [1.29, 1.82) is 0 Å². The molecule has 208 valence electrons. The summed E-state index contributed by atoms with van der Waals surface area (Å²) in [6.45, 7) is 4.48. The summed E-state index contributed by atoms with van der Waals surface area (Å²) in [7, 11) is 0. The first-order valence-electron chi connectivity index (χ1n) is 12.6. The second-order valence-corrected chi connectivity index (χ2v) is 9.01. The number of carbonyl (C=O) groups excluding carboxylic acids is 4. The summed E-state index contributed by atoms with van der Waals surface area (Å²) >= 11 is 0. The molecule has 5 unspecified atom stereocenters. The average molecular weight is 516 g/mol. The molecular formula is C23H45N7O6. The zero-order valence-corrected chi connectivity index (χ0v) is 21.5. The fourth-order valence-electron chi connectivity index (χ4n) is 3.44. The normalized spacial score (nSPS) is 15.1. The number of primary amides is 1. The van der Waals surface area contributed by atoms with Gasteiger partial charge in [0.1, 0.15) is 18.1 Å². The van der Waals surface area contributed by atoms with Gasteiger partial charge in [0.25, 0.3) is 0 Å². The van der Waals surface area contributed by atoms with Crippen molar-refractivity contribution >= 4 is 29.6 Å². The highest BCUT2D eigenvalue weighted by atomic mass is 16.4. The molecule has 0 aromatic carbocycles. The van der Waals surface area contributed by atoms with Gasteiger partial charge in [0.2, 0.25) is 23.6 Å². The second-order valence-electron chi connectivity index (χ2n) is 9.01. The van der Waals surface area contributed by atoms with Gasteiger partial charge in [-0.3, -0.25) is 19.2 Å². The van der Waals surface area contributed by atoms with Gasteiger partial charge in [-0.25, -0.2) is 4.79 Å². The summed E-state index contributed by atoms with van der Waals surface area (Å²) in [5, 5.41) is 17.1. The summed E-state index contributed by atoms with van der Waals surface area (Å²) in [5.41, 5.74) is 22.1. The smallest absolute Gasteiger partial charge is 0.326 e. The lowest BCUT2D eigenvalue weighted by Gasteiger charge is -2.28. The molecule has 0 aliphatic heterocycles. The van der Waals surface area contributed by atoms with Crippen molar-refractivity contribution < 1.29 is 29.1 Å². The van der Waals surface area contributed by atoms with E-state index in [2.05, 4.69) is 16.0 Å². The Morgan fingerprint density at radius 1 is 0.778 bits per heavy atom. The Morgan fingerprint density at radius 2 is 1.33 bits per heavy atom. The molecule has 0 fully saturated rings. The van der Waals surface area contributed by atoms with Crippen LogP contribution in [0.3, 0.4) is 0 Å². The van der Waals surface area contributed by atoms with Crippen LogP contribution in [-0.2, 0) is 24.0 Å². The molecule has 0 aromatic rings. The molecular weight excluding hydrogens is 470 g/mol. The van der Waals surface area contributed by atoms with Crippen LogP contribution < -0.4 is 38.9 Å². The number of amides is 4. The van der Waals surface area contributed by atoms with Crippen molar-refractivity contribution in [2.75, 3.05) is 13.1 Å². The third kappa shape index (κ3) is 13.4. The summed E-state index contributed by atoms with van der Waals surface area (Å²) < 4.78 is 0. The minimum absolute atomic E-state index is 0.137. The summed E-state index contributed by atoms with van der Waals surface area (Å²) in [6, 6.07) is -4.24. The Bertz CT molecular complexity index is 721. The Morgan fingerprint density at radius 3 is 1.83 bits per heavy atom. The molecule has 4 amide bonds. The fraction of sp³-hybridized carbons (Fsp3) is 0.783. The number of hydrogen-bond donors (Lipinski definition) is 8. The highest BCUT2D eigenvalue weighted by molar-refractivity contribution is 5.94. The lowest BCUT2D eigenvalue weighted by molar-refractivity contribution is -0.142. The number of rotatable bonds is 20. The third-order valence-corrected chi connectivity index (χ3v) is 5.97. The van der Waals surface area contributed by atoms with Crippen molar-refractivity contribution in [1.82, 2.24) is 16.0 Å². The Balaban J connectivity index is 5.51. The fourth-order valence-corrected chi connectivity index (χ4v) is 3.44. The molecule has 0 rings (SSSR count). The summed E-state index contributed by atoms with van der Waals surface area (Å²) in [6.07, 6.45) is 3.21. The number of carboxylic acids is 1. The van der Waals surface area contributed by atoms with Crippen molar-refractivity contribution in [2.24, 2.45) is 28.9 Å². The van der Waals surface area contributed by atoms with E-state index in [1.54, 1.807) is 6.92 Å². The van der Waals surface area contributed by atoms with Crippen molar-refractivity contribution in [3.63, 3.8) is 0 Å². The molecule has 0 aliphatic carbocycles. The summed E-state index contributed by atoms with van der Waals surface area (Å²) in [4.78, 5) is 61.5. The lowest BCUT2D eigenvalue weighted by atomic mass is 9.96. The monoisotopic (exact) mass is 515 g/mol. The minimum Gasteiger partial charge on any atom is -0.480 e. The molecule has 0 aliphatic rings. The molecule has 13 nitrogen and oxygen atoms in total. The first kappa shape index (κ1) is 33.2. The van der Waals surface area contributed by atoms with E-state index in [1.807, 2.05) is 6.92 Å². The zero-order chi connectivity index (χ0) is 27.7. The van der Waals surface area contributed by atoms with Gasteiger partial charge in [0.05, 0.1) is 6.04 Å². The Kier molecular flexibility index (Phi) is 17.1. The number of nitrogens with one attached hydrogen (secondary N) is 3. The highest BCUT2D eigenvalue weighted by Crippen LogP contribution is 2.11. The molecule has 13 heteroatoms. The largest absolute Gasteiger partial charge is 0.480 e. The van der Waals surface area contributed by atoms with Crippen LogP contribution in [-0.4, -0.2) is 72.0 Å². The molecule has 0 saturated carbocycles. The topological polar surface area (TPSA) is 246 Å². The second kappa shape index (κ2) is 18.5. The molecule has 0 spiro atoms. The van der Waals surface area contributed by atoms with Crippen LogP contribution in [0, 0.1) is 5.92 Å². The van der Waals surface area contributed by atoms with Gasteiger partial charge >= 0.3 is 5.97 Å². The van der Waals surface area contributed by atoms with E-state index in [9.17, 15) is 29.1 Å². The number of carbonyl (C=O) groups is 5. The Hall–Kier alpha value is -2.77. The summed E-state index contributed by atoms with van der Waals surface area (Å²) in [5.74, 6) is -4.13. The van der Waals surface area contributed by atoms with Crippen LogP contribution in [0.5, 0.6) is 0 Å². The van der Waals surface area contributed by atoms with Gasteiger partial charge in [-0.15, -0.1) is 0 Å². The maximum atomic E-state index is 13.1. The molecule has 36 heavy (non-hydrogen) atoms. The van der Waals surface area contributed by atoms with Crippen molar-refractivity contribution in [3.05, 3.63) is 0 Å². The number of unbranched alkanes of at least 4 members (excludes halogenated alkanes) is 2. The van der Waals surface area contributed by atoms with Crippen LogP contribution in [0.2, 0.25) is 0 Å². The SMILES string of the molecule is CCC(C)C(NC(=O)C(N)CCCCN)C(=O)NC(CCC(N)=O)C(=O)NC(CCCCN)C(=O)O. The number of nitrogens with two attached hydrogens (primary N) is 4. The molecule has 0 aromatic heterocycles. The van der Waals surface area contributed by atoms with E-state index in [4.69, 9.17) is 22.9 Å². The number of aliphatic carboxylic acids is 1. The molecule has 5 atom stereocenters. The van der Waals surface area contributed by atoms with Gasteiger partial charge < -0.3 is 44.0 Å². The maximum absolute atomic E-state index is 13.1. The standard InChI is InChI=1S/C23H45N7O6/c1-3-14(2)19(30-20(32)15(26)8-4-6-12-24)22(34)28-16(10-11-18(27)31)21(33)29-17(23(35)36)9-5-7-13-25/h14-17,19H,3-13,24-26H2,1-2H3,(H2,27,31)(H,28,34)(H,29,33)(H,30,32)(H,35,36). The first-order chi connectivity index (χ1) is 17.0. The molecule has 12 N–H and O–H groups in total. The van der Waals surface area contributed by atoms with Crippen molar-refractivity contribution in [3.8, 4) is 0 Å². The van der Waals surface area contributed by atoms with Crippen LogP contribution in [0.4, 0.5) is 0 Å². The van der Waals surface area contributed by atoms with E-state index in [-0.39, 0.29) is 25.2 Å². The maximum Gasteiger partial charge on any atom is 0.326 e. The average Bonchev–Trinajstić information content (AvgIpc) is 2.83. The molecule has 0 saturated heterocycles. The highest BCUT2D eigenvalue weighted by Gasteiger charge is 2.32. The van der Waals surface area contributed by atoms with E-state index < -0.39 is 53.8 Å². The van der Waals surface area contributed by atoms with Crippen LogP contribution in [0.15, 0.2) is 0 Å².